The van der Waals surface area contributed by atoms with E-state index in [0.717, 1.165) is 0 Å². The van der Waals surface area contributed by atoms with E-state index in [1.165, 1.54) is 0 Å². The molecule has 0 spiro atoms. The standard InChI is InChI=1S/C16H23NO6/c1-21-6-7-23-13-4-2-11(3-5-13)16(20)17-8-12-9-22-10-14(18)15(12)19/h2-5,12,14-15,18-19H,6-10H2,1H3,(H,17,20)/t12-,14-,15+/m1/s1. The number of benzene rings is 1. The molecule has 7 nitrogen and oxygen atoms in total. The van der Waals surface area contributed by atoms with Gasteiger partial charge in [-0.05, 0) is 24.3 Å². The first-order valence-electron chi connectivity index (χ1n) is 7.55. The second-order valence-electron chi connectivity index (χ2n) is 5.43. The number of rotatable bonds is 7. The molecule has 3 atom stereocenters. The lowest BCUT2D eigenvalue weighted by molar-refractivity contribution is -0.118. The summed E-state index contributed by atoms with van der Waals surface area (Å²) in [6.07, 6.45) is -1.80. The third kappa shape index (κ3) is 5.18. The zero-order chi connectivity index (χ0) is 16.7. The fourth-order valence-electron chi connectivity index (χ4n) is 2.30. The van der Waals surface area contributed by atoms with Crippen LogP contribution in [-0.4, -0.2) is 68.4 Å². The predicted molar refractivity (Wildman–Crippen MR) is 82.5 cm³/mol. The van der Waals surface area contributed by atoms with E-state index in [1.807, 2.05) is 0 Å². The highest BCUT2D eigenvalue weighted by molar-refractivity contribution is 5.94. The smallest absolute Gasteiger partial charge is 0.251 e. The largest absolute Gasteiger partial charge is 0.491 e. The molecule has 1 saturated heterocycles. The summed E-state index contributed by atoms with van der Waals surface area (Å²) >= 11 is 0. The number of aliphatic hydroxyl groups is 2. The average Bonchev–Trinajstić information content (AvgIpc) is 2.57. The van der Waals surface area contributed by atoms with E-state index in [2.05, 4.69) is 5.32 Å². The third-order valence-corrected chi connectivity index (χ3v) is 3.70. The first-order chi connectivity index (χ1) is 11.1. The topological polar surface area (TPSA) is 97.3 Å². The van der Waals surface area contributed by atoms with Gasteiger partial charge in [0.1, 0.15) is 18.5 Å². The van der Waals surface area contributed by atoms with Gasteiger partial charge < -0.3 is 29.7 Å². The van der Waals surface area contributed by atoms with Crippen LogP contribution < -0.4 is 10.1 Å². The van der Waals surface area contributed by atoms with E-state index in [1.54, 1.807) is 31.4 Å². The summed E-state index contributed by atoms with van der Waals surface area (Å²) in [7, 11) is 1.60. The van der Waals surface area contributed by atoms with Crippen LogP contribution in [-0.2, 0) is 9.47 Å². The molecule has 0 aliphatic carbocycles. The Hall–Kier alpha value is -1.67. The third-order valence-electron chi connectivity index (χ3n) is 3.70. The summed E-state index contributed by atoms with van der Waals surface area (Å²) in [5.74, 6) is 0.0953. The molecule has 0 saturated carbocycles. The van der Waals surface area contributed by atoms with Gasteiger partial charge >= 0.3 is 0 Å². The normalized spacial score (nSPS) is 24.2. The second-order valence-corrected chi connectivity index (χ2v) is 5.43. The van der Waals surface area contributed by atoms with Crippen LogP contribution in [0.1, 0.15) is 10.4 Å². The first kappa shape index (κ1) is 17.7. The van der Waals surface area contributed by atoms with Crippen LogP contribution in [0.25, 0.3) is 0 Å². The van der Waals surface area contributed by atoms with Gasteiger partial charge in [0.05, 0.1) is 25.9 Å². The van der Waals surface area contributed by atoms with Crippen LogP contribution >= 0.6 is 0 Å². The zero-order valence-electron chi connectivity index (χ0n) is 13.1. The van der Waals surface area contributed by atoms with Crippen molar-refractivity contribution in [3.8, 4) is 5.75 Å². The van der Waals surface area contributed by atoms with Gasteiger partial charge in [-0.25, -0.2) is 0 Å². The molecule has 1 heterocycles. The Morgan fingerprint density at radius 3 is 2.70 bits per heavy atom. The van der Waals surface area contributed by atoms with Gasteiger partial charge in [0, 0.05) is 25.1 Å². The molecule has 0 bridgehead atoms. The quantitative estimate of drug-likeness (QED) is 0.601. The van der Waals surface area contributed by atoms with Gasteiger partial charge in [-0.2, -0.15) is 0 Å². The van der Waals surface area contributed by atoms with Crippen LogP contribution in [0.2, 0.25) is 0 Å². The zero-order valence-corrected chi connectivity index (χ0v) is 13.1. The Bertz CT molecular complexity index is 492. The molecular weight excluding hydrogens is 302 g/mol. The Kier molecular flexibility index (Phi) is 6.79. The van der Waals surface area contributed by atoms with Gasteiger partial charge in [-0.1, -0.05) is 0 Å². The second kappa shape index (κ2) is 8.83. The van der Waals surface area contributed by atoms with Crippen molar-refractivity contribution in [1.29, 1.82) is 0 Å². The van der Waals surface area contributed by atoms with Crippen molar-refractivity contribution in [2.75, 3.05) is 40.1 Å². The van der Waals surface area contributed by atoms with E-state index < -0.39 is 12.2 Å². The van der Waals surface area contributed by atoms with Crippen molar-refractivity contribution < 1.29 is 29.2 Å². The average molecular weight is 325 g/mol. The van der Waals surface area contributed by atoms with Crippen molar-refractivity contribution in [3.05, 3.63) is 29.8 Å². The van der Waals surface area contributed by atoms with Crippen LogP contribution in [0.5, 0.6) is 5.75 Å². The molecule has 0 unspecified atom stereocenters. The molecule has 0 radical (unpaired) electrons. The van der Waals surface area contributed by atoms with Gasteiger partial charge in [0.15, 0.2) is 0 Å². The molecule has 0 aromatic heterocycles. The lowest BCUT2D eigenvalue weighted by atomic mass is 9.96. The van der Waals surface area contributed by atoms with Crippen LogP contribution in [0, 0.1) is 5.92 Å². The minimum absolute atomic E-state index is 0.121. The van der Waals surface area contributed by atoms with Crippen LogP contribution in [0.3, 0.4) is 0 Å². The van der Waals surface area contributed by atoms with Gasteiger partial charge in [-0.3, -0.25) is 4.79 Å². The molecule has 1 aromatic carbocycles. The monoisotopic (exact) mass is 325 g/mol. The highest BCUT2D eigenvalue weighted by atomic mass is 16.5. The maximum Gasteiger partial charge on any atom is 0.251 e. The molecule has 1 aliphatic heterocycles. The maximum absolute atomic E-state index is 12.1. The number of methoxy groups -OCH3 is 1. The van der Waals surface area contributed by atoms with E-state index in [-0.39, 0.29) is 25.0 Å². The molecule has 1 amide bonds. The number of hydrogen-bond donors (Lipinski definition) is 3. The molecule has 7 heteroatoms. The van der Waals surface area contributed by atoms with Crippen LogP contribution in [0.4, 0.5) is 0 Å². The Morgan fingerprint density at radius 1 is 1.26 bits per heavy atom. The minimum atomic E-state index is -0.908. The summed E-state index contributed by atoms with van der Waals surface area (Å²) in [6, 6.07) is 6.76. The molecule has 3 N–H and O–H groups in total. The number of ether oxygens (including phenoxy) is 3. The molecule has 1 aliphatic rings. The van der Waals surface area contributed by atoms with Crippen LogP contribution in [0.15, 0.2) is 24.3 Å². The van der Waals surface area contributed by atoms with Gasteiger partial charge in [0.25, 0.3) is 5.91 Å². The highest BCUT2D eigenvalue weighted by Crippen LogP contribution is 2.15. The highest BCUT2D eigenvalue weighted by Gasteiger charge is 2.31. The lowest BCUT2D eigenvalue weighted by Crippen LogP contribution is -2.48. The van der Waals surface area contributed by atoms with Crippen molar-refractivity contribution in [2.24, 2.45) is 5.92 Å². The molecule has 2 rings (SSSR count). The van der Waals surface area contributed by atoms with Crippen molar-refractivity contribution in [3.63, 3.8) is 0 Å². The van der Waals surface area contributed by atoms with E-state index >= 15 is 0 Å². The Balaban J connectivity index is 1.81. The SMILES string of the molecule is COCCOc1ccc(C(=O)NC[C@@H]2COC[C@@H](O)[C@H]2O)cc1. The summed E-state index contributed by atoms with van der Waals surface area (Å²) in [4.78, 5) is 12.1. The van der Waals surface area contributed by atoms with E-state index in [0.29, 0.717) is 31.1 Å². The molecule has 23 heavy (non-hydrogen) atoms. The lowest BCUT2D eigenvalue weighted by Gasteiger charge is -2.31. The van der Waals surface area contributed by atoms with E-state index in [4.69, 9.17) is 14.2 Å². The number of hydrogen-bond acceptors (Lipinski definition) is 6. The minimum Gasteiger partial charge on any atom is -0.491 e. The fourth-order valence-corrected chi connectivity index (χ4v) is 2.30. The Morgan fingerprint density at radius 2 is 2.00 bits per heavy atom. The maximum atomic E-state index is 12.1. The number of carbonyl (C=O) groups is 1. The molecular formula is C16H23NO6. The number of aliphatic hydroxyl groups excluding tert-OH is 2. The summed E-state index contributed by atoms with van der Waals surface area (Å²) in [5.41, 5.74) is 0.496. The fraction of sp³-hybridized carbons (Fsp3) is 0.562. The number of carbonyl (C=O) groups excluding carboxylic acids is 1. The molecule has 1 fully saturated rings. The summed E-state index contributed by atoms with van der Waals surface area (Å²) in [6.45, 7) is 1.62. The molecule has 1 aromatic rings. The number of nitrogens with one attached hydrogen (secondary N) is 1. The van der Waals surface area contributed by atoms with Gasteiger partial charge in [0.2, 0.25) is 0 Å². The van der Waals surface area contributed by atoms with Crippen molar-refractivity contribution in [1.82, 2.24) is 5.32 Å². The summed E-state index contributed by atoms with van der Waals surface area (Å²) in [5, 5.41) is 22.1. The predicted octanol–water partition coefficient (Wildman–Crippen LogP) is -0.190. The molecule has 128 valence electrons. The van der Waals surface area contributed by atoms with Crippen molar-refractivity contribution in [2.45, 2.75) is 12.2 Å². The Labute approximate surface area is 135 Å². The summed E-state index contributed by atoms with van der Waals surface area (Å²) < 4.78 is 15.5. The number of amides is 1. The van der Waals surface area contributed by atoms with Crippen molar-refractivity contribution >= 4 is 5.91 Å². The van der Waals surface area contributed by atoms with Gasteiger partial charge in [-0.15, -0.1) is 0 Å². The first-order valence-corrected chi connectivity index (χ1v) is 7.55. The van der Waals surface area contributed by atoms with E-state index in [9.17, 15) is 15.0 Å².